The molecule has 0 unspecified atom stereocenters. The number of hydrogen-bond donors (Lipinski definition) is 2. The van der Waals surface area contributed by atoms with Gasteiger partial charge in [0.2, 0.25) is 0 Å². The number of ether oxygens (including phenoxy) is 1. The fourth-order valence-corrected chi connectivity index (χ4v) is 2.81. The summed E-state index contributed by atoms with van der Waals surface area (Å²) in [5.41, 5.74) is 0.591. The molecule has 0 aliphatic carbocycles. The van der Waals surface area contributed by atoms with Crippen molar-refractivity contribution in [3.8, 4) is 5.75 Å². The van der Waals surface area contributed by atoms with Gasteiger partial charge in [-0.2, -0.15) is 0 Å². The smallest absolute Gasteiger partial charge is 0.257 e. The molecule has 0 aliphatic heterocycles. The van der Waals surface area contributed by atoms with Gasteiger partial charge in [0.05, 0.1) is 28.9 Å². The molecule has 3 aromatic rings. The zero-order valence-electron chi connectivity index (χ0n) is 15.1. The van der Waals surface area contributed by atoms with E-state index in [9.17, 15) is 18.4 Å². The molecular weight excluding hydrogens is 402 g/mol. The van der Waals surface area contributed by atoms with Gasteiger partial charge in [-0.05, 0) is 36.4 Å². The van der Waals surface area contributed by atoms with E-state index >= 15 is 0 Å². The number of carbonyl (C=O) groups excluding carboxylic acids is 2. The Kier molecular flexibility index (Phi) is 6.09. The first kappa shape index (κ1) is 20.3. The summed E-state index contributed by atoms with van der Waals surface area (Å²) < 4.78 is 31.8. The van der Waals surface area contributed by atoms with Crippen molar-refractivity contribution in [3.63, 3.8) is 0 Å². The minimum Gasteiger partial charge on any atom is -0.497 e. The van der Waals surface area contributed by atoms with Crippen LogP contribution < -0.4 is 15.4 Å². The van der Waals surface area contributed by atoms with Crippen molar-refractivity contribution in [2.24, 2.45) is 0 Å². The van der Waals surface area contributed by atoms with Gasteiger partial charge >= 0.3 is 0 Å². The summed E-state index contributed by atoms with van der Waals surface area (Å²) in [5.74, 6) is -3.06. The number of amides is 2. The van der Waals surface area contributed by atoms with E-state index in [0.717, 1.165) is 0 Å². The van der Waals surface area contributed by atoms with Gasteiger partial charge in [-0.3, -0.25) is 9.59 Å². The number of nitrogens with one attached hydrogen (secondary N) is 2. The molecule has 8 heteroatoms. The normalized spacial score (nSPS) is 10.3. The van der Waals surface area contributed by atoms with E-state index in [1.165, 1.54) is 19.2 Å². The van der Waals surface area contributed by atoms with Gasteiger partial charge < -0.3 is 15.4 Å². The summed E-state index contributed by atoms with van der Waals surface area (Å²) in [4.78, 5) is 25.2. The third-order valence-electron chi connectivity index (χ3n) is 4.00. The number of carbonyl (C=O) groups is 2. The number of benzene rings is 3. The molecule has 0 saturated carbocycles. The lowest BCUT2D eigenvalue weighted by Crippen LogP contribution is -2.18. The average molecular weight is 417 g/mol. The van der Waals surface area contributed by atoms with Gasteiger partial charge in [0.25, 0.3) is 11.8 Å². The molecule has 29 heavy (non-hydrogen) atoms. The molecule has 148 valence electrons. The van der Waals surface area contributed by atoms with Crippen LogP contribution in [0.15, 0.2) is 60.7 Å². The SMILES string of the molecule is COc1cccc(NC(=O)c2ccccc2NC(=O)c2cc(F)c(F)cc2Cl)c1. The van der Waals surface area contributed by atoms with Crippen molar-refractivity contribution in [1.29, 1.82) is 0 Å². The van der Waals surface area contributed by atoms with Crippen LogP contribution >= 0.6 is 11.6 Å². The zero-order valence-corrected chi connectivity index (χ0v) is 15.9. The average Bonchev–Trinajstić information content (AvgIpc) is 2.71. The van der Waals surface area contributed by atoms with Crippen LogP contribution in [0.2, 0.25) is 5.02 Å². The van der Waals surface area contributed by atoms with Crippen LogP contribution in [0, 0.1) is 11.6 Å². The third-order valence-corrected chi connectivity index (χ3v) is 4.31. The quantitative estimate of drug-likeness (QED) is 0.566. The summed E-state index contributed by atoms with van der Waals surface area (Å²) in [6, 6.07) is 14.4. The van der Waals surface area contributed by atoms with E-state index in [4.69, 9.17) is 16.3 Å². The zero-order chi connectivity index (χ0) is 21.0. The van der Waals surface area contributed by atoms with Crippen LogP contribution in [-0.2, 0) is 0 Å². The van der Waals surface area contributed by atoms with Crippen molar-refractivity contribution in [2.45, 2.75) is 0 Å². The maximum Gasteiger partial charge on any atom is 0.257 e. The highest BCUT2D eigenvalue weighted by Gasteiger charge is 2.18. The number of para-hydroxylation sites is 1. The predicted molar refractivity (Wildman–Crippen MR) is 107 cm³/mol. The Bertz CT molecular complexity index is 1090. The van der Waals surface area contributed by atoms with Crippen LogP contribution in [0.4, 0.5) is 20.2 Å². The Morgan fingerprint density at radius 2 is 1.55 bits per heavy atom. The van der Waals surface area contributed by atoms with E-state index in [-0.39, 0.29) is 21.8 Å². The van der Waals surface area contributed by atoms with Crippen molar-refractivity contribution in [1.82, 2.24) is 0 Å². The Morgan fingerprint density at radius 3 is 2.31 bits per heavy atom. The Hall–Kier alpha value is -3.45. The second kappa shape index (κ2) is 8.70. The van der Waals surface area contributed by atoms with Crippen LogP contribution in [0.5, 0.6) is 5.75 Å². The Balaban J connectivity index is 1.84. The molecule has 0 bridgehead atoms. The third kappa shape index (κ3) is 4.70. The molecule has 2 amide bonds. The number of rotatable bonds is 5. The van der Waals surface area contributed by atoms with Crippen LogP contribution in [0.1, 0.15) is 20.7 Å². The first-order chi connectivity index (χ1) is 13.9. The van der Waals surface area contributed by atoms with Crippen molar-refractivity contribution < 1.29 is 23.1 Å². The molecule has 0 spiro atoms. The standard InChI is InChI=1S/C21H15ClF2N2O3/c1-29-13-6-4-5-12(9-13)25-20(27)14-7-2-3-8-19(14)26-21(28)15-10-17(23)18(24)11-16(15)22/h2-11H,1H3,(H,25,27)(H,26,28). The van der Waals surface area contributed by atoms with Gasteiger partial charge in [-0.15, -0.1) is 0 Å². The minimum atomic E-state index is -1.20. The summed E-state index contributed by atoms with van der Waals surface area (Å²) in [7, 11) is 1.51. The highest BCUT2D eigenvalue weighted by atomic mass is 35.5. The topological polar surface area (TPSA) is 67.4 Å². The predicted octanol–water partition coefficient (Wildman–Crippen LogP) is 5.13. The molecule has 0 fully saturated rings. The van der Waals surface area contributed by atoms with E-state index < -0.39 is 23.4 Å². The molecule has 0 atom stereocenters. The fourth-order valence-electron chi connectivity index (χ4n) is 2.58. The molecule has 0 aromatic heterocycles. The van der Waals surface area contributed by atoms with Gasteiger partial charge in [0.1, 0.15) is 5.75 Å². The molecule has 5 nitrogen and oxygen atoms in total. The monoisotopic (exact) mass is 416 g/mol. The lowest BCUT2D eigenvalue weighted by atomic mass is 10.1. The van der Waals surface area contributed by atoms with E-state index in [2.05, 4.69) is 10.6 Å². The summed E-state index contributed by atoms with van der Waals surface area (Å²) in [5, 5.41) is 4.96. The molecule has 0 radical (unpaired) electrons. The van der Waals surface area contributed by atoms with Crippen molar-refractivity contribution in [3.05, 3.63) is 88.4 Å². The van der Waals surface area contributed by atoms with Gasteiger partial charge in [-0.25, -0.2) is 8.78 Å². The summed E-state index contributed by atoms with van der Waals surface area (Å²) in [6.07, 6.45) is 0. The van der Waals surface area contributed by atoms with Gasteiger partial charge in [-0.1, -0.05) is 29.8 Å². The highest BCUT2D eigenvalue weighted by molar-refractivity contribution is 6.34. The molecule has 3 aromatic carbocycles. The van der Waals surface area contributed by atoms with E-state index in [0.29, 0.717) is 23.6 Å². The molecule has 0 saturated heterocycles. The van der Waals surface area contributed by atoms with Crippen molar-refractivity contribution >= 4 is 34.8 Å². The maximum atomic E-state index is 13.5. The molecular formula is C21H15ClF2N2O3. The summed E-state index contributed by atoms with van der Waals surface area (Å²) in [6.45, 7) is 0. The van der Waals surface area contributed by atoms with Crippen LogP contribution in [0.25, 0.3) is 0 Å². The van der Waals surface area contributed by atoms with Crippen LogP contribution in [-0.4, -0.2) is 18.9 Å². The lowest BCUT2D eigenvalue weighted by Gasteiger charge is -2.13. The minimum absolute atomic E-state index is 0.169. The van der Waals surface area contributed by atoms with Crippen LogP contribution in [0.3, 0.4) is 0 Å². The molecule has 3 rings (SSSR count). The maximum absolute atomic E-state index is 13.5. The first-order valence-corrected chi connectivity index (χ1v) is 8.77. The second-order valence-electron chi connectivity index (χ2n) is 5.93. The fraction of sp³-hybridized carbons (Fsp3) is 0.0476. The second-order valence-corrected chi connectivity index (χ2v) is 6.34. The molecule has 2 N–H and O–H groups in total. The van der Waals surface area contributed by atoms with E-state index in [1.807, 2.05) is 0 Å². The number of anilines is 2. The number of hydrogen-bond acceptors (Lipinski definition) is 3. The lowest BCUT2D eigenvalue weighted by molar-refractivity contribution is 0.102. The highest BCUT2D eigenvalue weighted by Crippen LogP contribution is 2.24. The molecule has 0 heterocycles. The number of methoxy groups -OCH3 is 1. The summed E-state index contributed by atoms with van der Waals surface area (Å²) >= 11 is 5.84. The largest absolute Gasteiger partial charge is 0.497 e. The van der Waals surface area contributed by atoms with E-state index in [1.54, 1.807) is 36.4 Å². The molecule has 0 aliphatic rings. The Labute approximate surface area is 170 Å². The van der Waals surface area contributed by atoms with Gasteiger partial charge in [0.15, 0.2) is 11.6 Å². The van der Waals surface area contributed by atoms with Crippen molar-refractivity contribution in [2.75, 3.05) is 17.7 Å². The number of halogens is 3. The first-order valence-electron chi connectivity index (χ1n) is 8.39. The van der Waals surface area contributed by atoms with Gasteiger partial charge in [0, 0.05) is 11.8 Å². The Morgan fingerprint density at radius 1 is 0.862 bits per heavy atom.